The molecule has 0 atom stereocenters. The van der Waals surface area contributed by atoms with Crippen LogP contribution in [0.15, 0.2) is 217 Å². The van der Waals surface area contributed by atoms with Crippen molar-refractivity contribution in [3.8, 4) is 33.4 Å². The molecule has 262 valence electrons. The highest BCUT2D eigenvalue weighted by Gasteiger charge is 2.22. The van der Waals surface area contributed by atoms with Crippen molar-refractivity contribution in [2.75, 3.05) is 4.90 Å². The normalized spacial score (nSPS) is 11.6. The van der Waals surface area contributed by atoms with Gasteiger partial charge >= 0.3 is 0 Å². The first-order valence-corrected chi connectivity index (χ1v) is 19.2. The summed E-state index contributed by atoms with van der Waals surface area (Å²) in [6.45, 7) is 0. The Balaban J connectivity index is 1.10. The molecule has 0 unspecified atom stereocenters. The molecule has 2 nitrogen and oxygen atoms in total. The van der Waals surface area contributed by atoms with Crippen LogP contribution in [0.3, 0.4) is 0 Å². The molecule has 56 heavy (non-hydrogen) atoms. The lowest BCUT2D eigenvalue weighted by Crippen LogP contribution is -2.10. The third-order valence-electron chi connectivity index (χ3n) is 11.2. The fraction of sp³-hybridized carbons (Fsp3) is 0. The molecule has 2 heteroatoms. The molecule has 1 heterocycles. The Bertz CT molecular complexity index is 3110. The zero-order valence-corrected chi connectivity index (χ0v) is 30.6. The lowest BCUT2D eigenvalue weighted by molar-refractivity contribution is 0.670. The van der Waals surface area contributed by atoms with Gasteiger partial charge in [-0.05, 0) is 109 Å². The van der Waals surface area contributed by atoms with Crippen molar-refractivity contribution < 1.29 is 4.42 Å². The van der Waals surface area contributed by atoms with Gasteiger partial charge in [0, 0.05) is 27.7 Å². The van der Waals surface area contributed by atoms with Crippen molar-refractivity contribution in [1.29, 1.82) is 0 Å². The van der Waals surface area contributed by atoms with Gasteiger partial charge in [-0.25, -0.2) is 0 Å². The summed E-state index contributed by atoms with van der Waals surface area (Å²) >= 11 is 0. The van der Waals surface area contributed by atoms with E-state index in [-0.39, 0.29) is 0 Å². The van der Waals surface area contributed by atoms with Gasteiger partial charge in [-0.15, -0.1) is 0 Å². The molecule has 0 aliphatic rings. The predicted molar refractivity (Wildman–Crippen MR) is 237 cm³/mol. The van der Waals surface area contributed by atoms with E-state index in [2.05, 4.69) is 217 Å². The van der Waals surface area contributed by atoms with Crippen molar-refractivity contribution in [3.63, 3.8) is 0 Å². The number of benzene rings is 10. The average Bonchev–Trinajstić information content (AvgIpc) is 3.68. The second-order valence-corrected chi connectivity index (χ2v) is 14.5. The maximum atomic E-state index is 7.13. The van der Waals surface area contributed by atoms with E-state index < -0.39 is 0 Å². The summed E-state index contributed by atoms with van der Waals surface area (Å²) in [5.74, 6) is 0. The van der Waals surface area contributed by atoms with Crippen LogP contribution in [0.1, 0.15) is 0 Å². The van der Waals surface area contributed by atoms with E-state index in [4.69, 9.17) is 4.42 Å². The Morgan fingerprint density at radius 1 is 0.304 bits per heavy atom. The van der Waals surface area contributed by atoms with Gasteiger partial charge in [0.2, 0.25) is 0 Å². The van der Waals surface area contributed by atoms with E-state index in [1.54, 1.807) is 0 Å². The van der Waals surface area contributed by atoms with Gasteiger partial charge in [0.1, 0.15) is 5.58 Å². The number of fused-ring (bicyclic) bond motifs is 7. The number of furan rings is 1. The minimum absolute atomic E-state index is 0.855. The molecule has 0 spiro atoms. The Morgan fingerprint density at radius 3 is 1.41 bits per heavy atom. The summed E-state index contributed by atoms with van der Waals surface area (Å²) in [5, 5.41) is 9.57. The topological polar surface area (TPSA) is 16.4 Å². The Labute approximate surface area is 325 Å². The predicted octanol–water partition coefficient (Wildman–Crippen LogP) is 15.5. The lowest BCUT2D eigenvalue weighted by Gasteiger charge is -2.26. The van der Waals surface area contributed by atoms with Crippen LogP contribution >= 0.6 is 0 Å². The molecule has 0 bridgehead atoms. The number of hydrogen-bond donors (Lipinski definition) is 0. The zero-order chi connectivity index (χ0) is 37.0. The van der Waals surface area contributed by atoms with Crippen LogP contribution in [0.4, 0.5) is 17.1 Å². The van der Waals surface area contributed by atoms with Crippen LogP contribution in [0.2, 0.25) is 0 Å². The molecule has 1 aromatic heterocycles. The quantitative estimate of drug-likeness (QED) is 0.171. The lowest BCUT2D eigenvalue weighted by atomic mass is 9.96. The van der Waals surface area contributed by atoms with E-state index in [1.165, 1.54) is 54.6 Å². The monoisotopic (exact) mass is 713 g/mol. The minimum atomic E-state index is 0.855. The SMILES string of the molecule is c1ccc(-c2cc3ccccc3c3c2oc2c(N(c4ccc(-c5ccc6ccccc6c5)cc4)c4ccc(-c5ccc6ccccc6c5)cc4)cccc23)cc1. The van der Waals surface area contributed by atoms with Crippen molar-refractivity contribution in [2.24, 2.45) is 0 Å². The summed E-state index contributed by atoms with van der Waals surface area (Å²) < 4.78 is 7.13. The number of anilines is 3. The molecule has 0 aliphatic heterocycles. The largest absolute Gasteiger partial charge is 0.453 e. The first kappa shape index (κ1) is 32.0. The summed E-state index contributed by atoms with van der Waals surface area (Å²) in [4.78, 5) is 2.34. The fourth-order valence-corrected chi connectivity index (χ4v) is 8.41. The van der Waals surface area contributed by atoms with Crippen LogP contribution < -0.4 is 4.90 Å². The van der Waals surface area contributed by atoms with Crippen LogP contribution in [0.5, 0.6) is 0 Å². The second kappa shape index (κ2) is 13.2. The third kappa shape index (κ3) is 5.42. The van der Waals surface area contributed by atoms with Crippen molar-refractivity contribution >= 4 is 71.3 Å². The maximum Gasteiger partial charge on any atom is 0.159 e. The fourth-order valence-electron chi connectivity index (χ4n) is 8.41. The molecule has 0 amide bonds. The van der Waals surface area contributed by atoms with Crippen LogP contribution in [0.25, 0.3) is 87.6 Å². The minimum Gasteiger partial charge on any atom is -0.453 e. The molecule has 11 aromatic rings. The highest BCUT2D eigenvalue weighted by Crippen LogP contribution is 2.47. The maximum absolute atomic E-state index is 7.13. The summed E-state index contributed by atoms with van der Waals surface area (Å²) in [6.07, 6.45) is 0. The van der Waals surface area contributed by atoms with Crippen molar-refractivity contribution in [2.45, 2.75) is 0 Å². The van der Waals surface area contributed by atoms with Gasteiger partial charge < -0.3 is 9.32 Å². The van der Waals surface area contributed by atoms with Crippen LogP contribution in [0, 0.1) is 0 Å². The summed E-state index contributed by atoms with van der Waals surface area (Å²) in [6, 6.07) is 76.3. The molecule has 0 radical (unpaired) electrons. The molecular weight excluding hydrogens is 679 g/mol. The van der Waals surface area contributed by atoms with Gasteiger partial charge in [-0.2, -0.15) is 0 Å². The van der Waals surface area contributed by atoms with E-state index in [0.717, 1.165) is 50.1 Å². The van der Waals surface area contributed by atoms with Crippen molar-refractivity contribution in [1.82, 2.24) is 0 Å². The second-order valence-electron chi connectivity index (χ2n) is 14.5. The summed E-state index contributed by atoms with van der Waals surface area (Å²) in [7, 11) is 0. The molecular formula is C54H35NO. The van der Waals surface area contributed by atoms with E-state index in [0.29, 0.717) is 0 Å². The first-order chi connectivity index (χ1) is 27.7. The molecule has 11 rings (SSSR count). The zero-order valence-electron chi connectivity index (χ0n) is 30.6. The van der Waals surface area contributed by atoms with Crippen LogP contribution in [-0.4, -0.2) is 0 Å². The van der Waals surface area contributed by atoms with E-state index in [1.807, 2.05) is 0 Å². The van der Waals surface area contributed by atoms with Gasteiger partial charge in [0.15, 0.2) is 5.58 Å². The standard InChI is InChI=1S/C54H35NO/c1-2-13-40(14-3-1)50-35-45-17-8-9-18-48(45)52-49-19-10-20-51(53(49)56-54(50)52)55(46-29-25-38(26-30-46)43-23-21-36-11-4-6-15-41(36)33-43)47-31-27-39(28-32-47)44-24-22-37-12-5-7-16-42(37)34-44/h1-35H. The molecule has 0 saturated carbocycles. The number of rotatable bonds is 6. The molecule has 10 aromatic carbocycles. The Hall–Kier alpha value is -7.42. The Morgan fingerprint density at radius 2 is 0.804 bits per heavy atom. The number of hydrogen-bond acceptors (Lipinski definition) is 2. The van der Waals surface area contributed by atoms with E-state index in [9.17, 15) is 0 Å². The van der Waals surface area contributed by atoms with Gasteiger partial charge in [-0.1, -0.05) is 164 Å². The molecule has 0 aliphatic carbocycles. The first-order valence-electron chi connectivity index (χ1n) is 19.2. The van der Waals surface area contributed by atoms with Gasteiger partial charge in [0.25, 0.3) is 0 Å². The molecule has 0 fully saturated rings. The molecule has 0 N–H and O–H groups in total. The number of para-hydroxylation sites is 1. The van der Waals surface area contributed by atoms with E-state index >= 15 is 0 Å². The van der Waals surface area contributed by atoms with Gasteiger partial charge in [0.05, 0.1) is 5.69 Å². The third-order valence-corrected chi connectivity index (χ3v) is 11.2. The van der Waals surface area contributed by atoms with Gasteiger partial charge in [-0.3, -0.25) is 0 Å². The highest BCUT2D eigenvalue weighted by atomic mass is 16.3. The van der Waals surface area contributed by atoms with Crippen LogP contribution in [-0.2, 0) is 0 Å². The number of nitrogens with zero attached hydrogens (tertiary/aromatic N) is 1. The molecule has 0 saturated heterocycles. The summed E-state index contributed by atoms with van der Waals surface area (Å²) in [5.41, 5.74) is 11.8. The highest BCUT2D eigenvalue weighted by molar-refractivity contribution is 6.24. The average molecular weight is 714 g/mol. The smallest absolute Gasteiger partial charge is 0.159 e. The van der Waals surface area contributed by atoms with Crippen molar-refractivity contribution in [3.05, 3.63) is 212 Å². The Kier molecular flexibility index (Phi) is 7.53.